The maximum absolute atomic E-state index is 11.9. The molecule has 1 N–H and O–H groups in total. The Kier molecular flexibility index (Phi) is 6.05. The van der Waals surface area contributed by atoms with Gasteiger partial charge in [0.25, 0.3) is 5.69 Å². The Morgan fingerprint density at radius 2 is 2.00 bits per heavy atom. The number of ether oxygens (including phenoxy) is 2. The van der Waals surface area contributed by atoms with E-state index in [1.165, 1.54) is 25.5 Å². The number of nitro groups is 1. The Morgan fingerprint density at radius 3 is 2.68 bits per heavy atom. The summed E-state index contributed by atoms with van der Waals surface area (Å²) >= 11 is 0. The van der Waals surface area contributed by atoms with Gasteiger partial charge in [-0.3, -0.25) is 14.9 Å². The van der Waals surface area contributed by atoms with Crippen molar-refractivity contribution in [2.75, 3.05) is 14.2 Å². The molecule has 2 aromatic carbocycles. The zero-order chi connectivity index (χ0) is 18.2. The first-order chi connectivity index (χ1) is 12.0. The second-order valence-electron chi connectivity index (χ2n) is 4.96. The highest BCUT2D eigenvalue weighted by Gasteiger charge is 2.15. The molecule has 0 spiro atoms. The van der Waals surface area contributed by atoms with Crippen LogP contribution in [-0.2, 0) is 11.2 Å². The van der Waals surface area contributed by atoms with Crippen LogP contribution in [0, 0.1) is 10.1 Å². The molecule has 0 aliphatic heterocycles. The number of para-hydroxylation sites is 1. The first kappa shape index (κ1) is 17.9. The summed E-state index contributed by atoms with van der Waals surface area (Å²) in [6.45, 7) is 0. The Balaban J connectivity index is 2.03. The van der Waals surface area contributed by atoms with E-state index in [0.29, 0.717) is 22.6 Å². The molecule has 0 saturated heterocycles. The lowest BCUT2D eigenvalue weighted by molar-refractivity contribution is -0.385. The van der Waals surface area contributed by atoms with Crippen molar-refractivity contribution in [3.63, 3.8) is 0 Å². The van der Waals surface area contributed by atoms with Gasteiger partial charge in [0.1, 0.15) is 11.5 Å². The molecule has 8 heteroatoms. The van der Waals surface area contributed by atoms with Crippen LogP contribution in [-0.4, -0.2) is 31.3 Å². The third-order valence-electron chi connectivity index (χ3n) is 3.37. The zero-order valence-electron chi connectivity index (χ0n) is 13.8. The van der Waals surface area contributed by atoms with Crippen molar-refractivity contribution in [3.8, 4) is 11.5 Å². The van der Waals surface area contributed by atoms with Crippen molar-refractivity contribution in [1.82, 2.24) is 5.43 Å². The summed E-state index contributed by atoms with van der Waals surface area (Å²) in [5.74, 6) is 0.712. The molecule has 0 saturated carbocycles. The molecule has 0 heterocycles. The number of nitrogens with zero attached hydrogens (tertiary/aromatic N) is 2. The maximum atomic E-state index is 11.9. The molecule has 0 unspecified atom stereocenters. The molecule has 130 valence electrons. The van der Waals surface area contributed by atoms with Crippen LogP contribution in [0.4, 0.5) is 5.69 Å². The van der Waals surface area contributed by atoms with Crippen LogP contribution < -0.4 is 14.9 Å². The largest absolute Gasteiger partial charge is 0.497 e. The number of nitro benzene ring substituents is 1. The molecule has 1 amide bonds. The number of hydrogen-bond acceptors (Lipinski definition) is 6. The highest BCUT2D eigenvalue weighted by Crippen LogP contribution is 2.23. The number of carbonyl (C=O) groups excluding carboxylic acids is 1. The van der Waals surface area contributed by atoms with Crippen molar-refractivity contribution in [2.45, 2.75) is 6.42 Å². The lowest BCUT2D eigenvalue weighted by Gasteiger charge is -2.07. The second-order valence-corrected chi connectivity index (χ2v) is 4.96. The number of hydrazone groups is 1. The summed E-state index contributed by atoms with van der Waals surface area (Å²) in [4.78, 5) is 22.4. The van der Waals surface area contributed by atoms with Gasteiger partial charge < -0.3 is 9.47 Å². The number of methoxy groups -OCH3 is 2. The number of nitrogens with one attached hydrogen (secondary N) is 1. The summed E-state index contributed by atoms with van der Waals surface area (Å²) in [5.41, 5.74) is 3.22. The predicted octanol–water partition coefficient (Wildman–Crippen LogP) is 2.30. The lowest BCUT2D eigenvalue weighted by Crippen LogP contribution is -2.20. The van der Waals surface area contributed by atoms with Crippen LogP contribution in [0.1, 0.15) is 11.1 Å². The fourth-order valence-corrected chi connectivity index (χ4v) is 2.15. The van der Waals surface area contributed by atoms with Crippen molar-refractivity contribution in [1.29, 1.82) is 0 Å². The minimum absolute atomic E-state index is 0.0987. The Bertz CT molecular complexity index is 805. The van der Waals surface area contributed by atoms with E-state index in [9.17, 15) is 14.9 Å². The number of amides is 1. The van der Waals surface area contributed by atoms with Gasteiger partial charge in [0.05, 0.1) is 31.8 Å². The van der Waals surface area contributed by atoms with Gasteiger partial charge in [-0.15, -0.1) is 0 Å². The molecule has 8 nitrogen and oxygen atoms in total. The second kappa shape index (κ2) is 8.44. The van der Waals surface area contributed by atoms with E-state index in [1.54, 1.807) is 37.4 Å². The molecule has 0 atom stereocenters. The third kappa shape index (κ3) is 4.77. The van der Waals surface area contributed by atoms with Gasteiger partial charge in [-0.1, -0.05) is 18.2 Å². The molecule has 0 radical (unpaired) electrons. The molecule has 0 aromatic heterocycles. The Labute approximate surface area is 144 Å². The van der Waals surface area contributed by atoms with Gasteiger partial charge in [-0.2, -0.15) is 5.10 Å². The molecule has 0 aliphatic carbocycles. The van der Waals surface area contributed by atoms with Crippen molar-refractivity contribution in [3.05, 3.63) is 63.7 Å². The van der Waals surface area contributed by atoms with Crippen LogP contribution in [0.25, 0.3) is 0 Å². The zero-order valence-corrected chi connectivity index (χ0v) is 13.8. The van der Waals surface area contributed by atoms with Gasteiger partial charge in [0.15, 0.2) is 0 Å². The molecule has 0 fully saturated rings. The van der Waals surface area contributed by atoms with Gasteiger partial charge in [0.2, 0.25) is 5.91 Å². The summed E-state index contributed by atoms with van der Waals surface area (Å²) in [5, 5.41) is 14.8. The van der Waals surface area contributed by atoms with E-state index in [2.05, 4.69) is 10.5 Å². The Morgan fingerprint density at radius 1 is 1.24 bits per heavy atom. The van der Waals surface area contributed by atoms with Crippen LogP contribution in [0.5, 0.6) is 11.5 Å². The number of hydrogen-bond donors (Lipinski definition) is 1. The van der Waals surface area contributed by atoms with Gasteiger partial charge in [-0.25, -0.2) is 5.43 Å². The average Bonchev–Trinajstić information content (AvgIpc) is 2.62. The van der Waals surface area contributed by atoms with Crippen molar-refractivity contribution >= 4 is 17.8 Å². The summed E-state index contributed by atoms with van der Waals surface area (Å²) in [6, 6.07) is 11.2. The van der Waals surface area contributed by atoms with Crippen molar-refractivity contribution in [2.24, 2.45) is 5.10 Å². The molecular weight excluding hydrogens is 326 g/mol. The smallest absolute Gasteiger partial charge is 0.273 e. The van der Waals surface area contributed by atoms with E-state index < -0.39 is 10.8 Å². The number of rotatable bonds is 7. The fourth-order valence-electron chi connectivity index (χ4n) is 2.15. The maximum Gasteiger partial charge on any atom is 0.273 e. The molecule has 25 heavy (non-hydrogen) atoms. The topological polar surface area (TPSA) is 103 Å². The number of carbonyl (C=O) groups is 1. The van der Waals surface area contributed by atoms with Crippen LogP contribution in [0.15, 0.2) is 47.6 Å². The monoisotopic (exact) mass is 343 g/mol. The van der Waals surface area contributed by atoms with E-state index >= 15 is 0 Å². The first-order valence-corrected chi connectivity index (χ1v) is 7.31. The predicted molar refractivity (Wildman–Crippen MR) is 92.1 cm³/mol. The van der Waals surface area contributed by atoms with Gasteiger partial charge in [-0.05, 0) is 12.1 Å². The summed E-state index contributed by atoms with van der Waals surface area (Å²) in [7, 11) is 3.06. The summed E-state index contributed by atoms with van der Waals surface area (Å²) < 4.78 is 10.3. The molecule has 0 bridgehead atoms. The van der Waals surface area contributed by atoms with Gasteiger partial charge >= 0.3 is 0 Å². The van der Waals surface area contributed by atoms with Crippen LogP contribution >= 0.6 is 0 Å². The first-order valence-electron chi connectivity index (χ1n) is 7.31. The standard InChI is InChI=1S/C17H17N3O5/c1-24-14-8-7-13(16(10-14)25-2)11-18-19-17(21)9-12-5-3-4-6-15(12)20(22)23/h3-8,10-11H,9H2,1-2H3,(H,19,21)/b18-11+. The minimum atomic E-state index is -0.520. The quantitative estimate of drug-likeness (QED) is 0.472. The average molecular weight is 343 g/mol. The SMILES string of the molecule is COc1ccc(/C=N/NC(=O)Cc2ccccc2[N+](=O)[O-])c(OC)c1. The molecule has 0 aliphatic rings. The Hall–Kier alpha value is -3.42. The summed E-state index contributed by atoms with van der Waals surface area (Å²) in [6.07, 6.45) is 1.28. The fraction of sp³-hybridized carbons (Fsp3) is 0.176. The normalized spacial score (nSPS) is 10.5. The minimum Gasteiger partial charge on any atom is -0.497 e. The highest BCUT2D eigenvalue weighted by atomic mass is 16.6. The van der Waals surface area contributed by atoms with Crippen LogP contribution in [0.3, 0.4) is 0 Å². The highest BCUT2D eigenvalue weighted by molar-refractivity contribution is 5.86. The van der Waals surface area contributed by atoms with Crippen molar-refractivity contribution < 1.29 is 19.2 Å². The van der Waals surface area contributed by atoms with E-state index in [4.69, 9.17) is 9.47 Å². The van der Waals surface area contributed by atoms with Crippen LogP contribution in [0.2, 0.25) is 0 Å². The molecule has 2 aromatic rings. The van der Waals surface area contributed by atoms with E-state index in [1.807, 2.05) is 0 Å². The van der Waals surface area contributed by atoms with E-state index in [0.717, 1.165) is 0 Å². The molecule has 2 rings (SSSR count). The number of benzene rings is 2. The van der Waals surface area contributed by atoms with E-state index in [-0.39, 0.29) is 12.1 Å². The van der Waals surface area contributed by atoms with Gasteiger partial charge in [0, 0.05) is 23.3 Å². The molecular formula is C17H17N3O5. The third-order valence-corrected chi connectivity index (χ3v) is 3.37. The lowest BCUT2D eigenvalue weighted by atomic mass is 10.1.